The fourth-order valence-electron chi connectivity index (χ4n) is 1.54. The van der Waals surface area contributed by atoms with Crippen LogP contribution in [0, 0.1) is 0 Å². The first-order chi connectivity index (χ1) is 8.66. The van der Waals surface area contributed by atoms with Crippen LogP contribution in [0.4, 0.5) is 0 Å². The van der Waals surface area contributed by atoms with Crippen molar-refractivity contribution in [3.63, 3.8) is 0 Å². The fraction of sp³-hybridized carbons (Fsp3) is 0.231. The molecule has 5 heteroatoms. The minimum absolute atomic E-state index is 0.187. The minimum atomic E-state index is -0.542. The normalized spacial score (nSPS) is 12.1. The van der Waals surface area contributed by atoms with Crippen LogP contribution in [0.2, 0.25) is 0 Å². The predicted molar refractivity (Wildman–Crippen MR) is 67.6 cm³/mol. The van der Waals surface area contributed by atoms with E-state index >= 15 is 0 Å². The number of nitrogens with one attached hydrogen (secondary N) is 1. The molecule has 0 aliphatic heterocycles. The summed E-state index contributed by atoms with van der Waals surface area (Å²) >= 11 is 0. The van der Waals surface area contributed by atoms with Gasteiger partial charge < -0.3 is 15.0 Å². The summed E-state index contributed by atoms with van der Waals surface area (Å²) in [6.07, 6.45) is 4.69. The Kier molecular flexibility index (Phi) is 3.74. The van der Waals surface area contributed by atoms with Gasteiger partial charge in [0.1, 0.15) is 0 Å². The second-order valence-electron chi connectivity index (χ2n) is 4.08. The standard InChI is InChI=1S/C13H15N3O2/c1-10(17)8-15-13(18)11-2-4-12(5-3-11)16-7-6-14-9-16/h2-7,9-10,17H,8H2,1H3,(H,15,18). The SMILES string of the molecule is CC(O)CNC(=O)c1ccc(-n2ccnc2)cc1. The summed E-state index contributed by atoms with van der Waals surface area (Å²) in [4.78, 5) is 15.7. The van der Waals surface area contributed by atoms with Gasteiger partial charge in [0.05, 0.1) is 12.4 Å². The van der Waals surface area contributed by atoms with Crippen molar-refractivity contribution in [3.05, 3.63) is 48.5 Å². The monoisotopic (exact) mass is 245 g/mol. The molecule has 0 fully saturated rings. The summed E-state index contributed by atoms with van der Waals surface area (Å²) in [7, 11) is 0. The molecule has 0 aliphatic carbocycles. The van der Waals surface area contributed by atoms with Crippen LogP contribution in [0.25, 0.3) is 5.69 Å². The lowest BCUT2D eigenvalue weighted by atomic mass is 10.2. The Balaban J connectivity index is 2.06. The number of amides is 1. The van der Waals surface area contributed by atoms with Crippen LogP contribution >= 0.6 is 0 Å². The Hall–Kier alpha value is -2.14. The van der Waals surface area contributed by atoms with Crippen LogP contribution in [-0.2, 0) is 0 Å². The van der Waals surface area contributed by atoms with E-state index in [2.05, 4.69) is 10.3 Å². The van der Waals surface area contributed by atoms with E-state index in [1.54, 1.807) is 31.6 Å². The number of aromatic nitrogens is 2. The molecule has 1 heterocycles. The molecule has 2 aromatic rings. The average Bonchev–Trinajstić information content (AvgIpc) is 2.90. The lowest BCUT2D eigenvalue weighted by Crippen LogP contribution is -2.30. The number of imidazole rings is 1. The molecular weight excluding hydrogens is 230 g/mol. The summed E-state index contributed by atoms with van der Waals surface area (Å²) in [5, 5.41) is 11.7. The second-order valence-corrected chi connectivity index (χ2v) is 4.08. The Morgan fingerprint density at radius 3 is 2.72 bits per heavy atom. The van der Waals surface area contributed by atoms with Gasteiger partial charge in [0.25, 0.3) is 5.91 Å². The van der Waals surface area contributed by atoms with Crippen molar-refractivity contribution in [1.82, 2.24) is 14.9 Å². The number of aliphatic hydroxyl groups is 1. The van der Waals surface area contributed by atoms with Crippen LogP contribution in [-0.4, -0.2) is 33.2 Å². The van der Waals surface area contributed by atoms with E-state index < -0.39 is 6.10 Å². The Morgan fingerprint density at radius 2 is 2.17 bits per heavy atom. The van der Waals surface area contributed by atoms with Gasteiger partial charge in [-0.1, -0.05) is 0 Å². The first-order valence-corrected chi connectivity index (χ1v) is 5.71. The van der Waals surface area contributed by atoms with Gasteiger partial charge in [-0.25, -0.2) is 4.98 Å². The highest BCUT2D eigenvalue weighted by Crippen LogP contribution is 2.09. The van der Waals surface area contributed by atoms with Gasteiger partial charge in [0.2, 0.25) is 0 Å². The summed E-state index contributed by atoms with van der Waals surface area (Å²) in [5.41, 5.74) is 1.51. The lowest BCUT2D eigenvalue weighted by molar-refractivity contribution is 0.0924. The molecule has 18 heavy (non-hydrogen) atoms. The van der Waals surface area contributed by atoms with Crippen molar-refractivity contribution in [2.75, 3.05) is 6.54 Å². The lowest BCUT2D eigenvalue weighted by Gasteiger charge is -2.08. The predicted octanol–water partition coefficient (Wildman–Crippen LogP) is 0.983. The molecule has 0 radical (unpaired) electrons. The number of hydrogen-bond donors (Lipinski definition) is 2. The molecule has 0 bridgehead atoms. The zero-order chi connectivity index (χ0) is 13.0. The van der Waals surface area contributed by atoms with Crippen LogP contribution in [0.1, 0.15) is 17.3 Å². The van der Waals surface area contributed by atoms with Gasteiger partial charge in [0.15, 0.2) is 0 Å². The number of rotatable bonds is 4. The number of carbonyl (C=O) groups excluding carboxylic acids is 1. The summed E-state index contributed by atoms with van der Waals surface area (Å²) in [5.74, 6) is -0.187. The fourth-order valence-corrected chi connectivity index (χ4v) is 1.54. The maximum absolute atomic E-state index is 11.7. The van der Waals surface area contributed by atoms with Crippen molar-refractivity contribution in [2.24, 2.45) is 0 Å². The number of benzene rings is 1. The Labute approximate surface area is 105 Å². The zero-order valence-corrected chi connectivity index (χ0v) is 10.1. The van der Waals surface area contributed by atoms with Gasteiger partial charge in [-0.05, 0) is 31.2 Å². The largest absolute Gasteiger partial charge is 0.392 e. The van der Waals surface area contributed by atoms with Gasteiger partial charge in [0, 0.05) is 30.2 Å². The van der Waals surface area contributed by atoms with Gasteiger partial charge in [-0.2, -0.15) is 0 Å². The van der Waals surface area contributed by atoms with Crippen molar-refractivity contribution in [3.8, 4) is 5.69 Å². The van der Waals surface area contributed by atoms with E-state index in [1.165, 1.54) is 0 Å². The third-order valence-electron chi connectivity index (χ3n) is 2.49. The second kappa shape index (κ2) is 5.46. The minimum Gasteiger partial charge on any atom is -0.392 e. The van der Waals surface area contributed by atoms with E-state index in [0.717, 1.165) is 5.69 Å². The molecule has 0 aliphatic rings. The third-order valence-corrected chi connectivity index (χ3v) is 2.49. The topological polar surface area (TPSA) is 67.2 Å². The number of nitrogens with zero attached hydrogens (tertiary/aromatic N) is 2. The molecule has 94 valence electrons. The van der Waals surface area contributed by atoms with E-state index in [4.69, 9.17) is 5.11 Å². The molecule has 5 nitrogen and oxygen atoms in total. The molecule has 2 N–H and O–H groups in total. The first kappa shape index (κ1) is 12.3. The molecule has 1 aromatic carbocycles. The van der Waals surface area contributed by atoms with Crippen LogP contribution < -0.4 is 5.32 Å². The highest BCUT2D eigenvalue weighted by atomic mass is 16.3. The van der Waals surface area contributed by atoms with Gasteiger partial charge in [-0.15, -0.1) is 0 Å². The van der Waals surface area contributed by atoms with E-state index in [1.807, 2.05) is 22.9 Å². The first-order valence-electron chi connectivity index (χ1n) is 5.71. The summed E-state index contributed by atoms with van der Waals surface area (Å²) in [6.45, 7) is 1.88. The summed E-state index contributed by atoms with van der Waals surface area (Å²) < 4.78 is 1.86. The molecule has 1 atom stereocenters. The van der Waals surface area contributed by atoms with Crippen LogP contribution in [0.5, 0.6) is 0 Å². The molecule has 2 rings (SSSR count). The number of hydrogen-bond acceptors (Lipinski definition) is 3. The van der Waals surface area contributed by atoms with Crippen molar-refractivity contribution < 1.29 is 9.90 Å². The quantitative estimate of drug-likeness (QED) is 0.844. The van der Waals surface area contributed by atoms with Crippen molar-refractivity contribution >= 4 is 5.91 Å². The maximum atomic E-state index is 11.7. The highest BCUT2D eigenvalue weighted by molar-refractivity contribution is 5.94. The highest BCUT2D eigenvalue weighted by Gasteiger charge is 2.06. The van der Waals surface area contributed by atoms with E-state index in [-0.39, 0.29) is 12.5 Å². The molecule has 0 spiro atoms. The Bertz CT molecular complexity index is 504. The number of carbonyl (C=O) groups is 1. The Morgan fingerprint density at radius 1 is 1.44 bits per heavy atom. The van der Waals surface area contributed by atoms with Gasteiger partial charge in [-0.3, -0.25) is 4.79 Å². The van der Waals surface area contributed by atoms with Gasteiger partial charge >= 0.3 is 0 Å². The molecule has 1 amide bonds. The van der Waals surface area contributed by atoms with E-state index in [9.17, 15) is 4.79 Å². The molecule has 1 unspecified atom stereocenters. The maximum Gasteiger partial charge on any atom is 0.251 e. The van der Waals surface area contributed by atoms with Crippen molar-refractivity contribution in [2.45, 2.75) is 13.0 Å². The van der Waals surface area contributed by atoms with Crippen LogP contribution in [0.15, 0.2) is 43.0 Å². The molecule has 0 saturated carbocycles. The molecule has 0 saturated heterocycles. The van der Waals surface area contributed by atoms with E-state index in [0.29, 0.717) is 5.56 Å². The van der Waals surface area contributed by atoms with Crippen molar-refractivity contribution in [1.29, 1.82) is 0 Å². The third kappa shape index (κ3) is 2.95. The summed E-state index contributed by atoms with van der Waals surface area (Å²) in [6, 6.07) is 7.18. The number of aliphatic hydroxyl groups excluding tert-OH is 1. The zero-order valence-electron chi connectivity index (χ0n) is 10.1. The molecule has 1 aromatic heterocycles. The smallest absolute Gasteiger partial charge is 0.251 e. The average molecular weight is 245 g/mol. The molecular formula is C13H15N3O2. The van der Waals surface area contributed by atoms with Crippen LogP contribution in [0.3, 0.4) is 0 Å².